The molecular formula is C16H23N3O6. The van der Waals surface area contributed by atoms with E-state index in [1.807, 2.05) is 13.8 Å². The van der Waals surface area contributed by atoms with Crippen molar-refractivity contribution >= 4 is 17.5 Å². The van der Waals surface area contributed by atoms with Crippen molar-refractivity contribution in [2.75, 3.05) is 7.11 Å². The average molecular weight is 353 g/mol. The summed E-state index contributed by atoms with van der Waals surface area (Å²) in [6, 6.07) is 2.80. The summed E-state index contributed by atoms with van der Waals surface area (Å²) >= 11 is 0. The lowest BCUT2D eigenvalue weighted by Gasteiger charge is -2.20. The van der Waals surface area contributed by atoms with Gasteiger partial charge in [-0.15, -0.1) is 0 Å². The molecule has 0 bridgehead atoms. The first kappa shape index (κ1) is 20.4. The number of nitrogens with one attached hydrogen (secondary N) is 1. The fraction of sp³-hybridized carbons (Fsp3) is 0.500. The van der Waals surface area contributed by atoms with Crippen LogP contribution in [0, 0.1) is 16.0 Å². The first-order valence-corrected chi connectivity index (χ1v) is 7.74. The number of carbonyl (C=O) groups is 2. The molecule has 0 fully saturated rings. The van der Waals surface area contributed by atoms with Crippen molar-refractivity contribution in [2.45, 2.75) is 38.8 Å². The van der Waals surface area contributed by atoms with Crippen LogP contribution in [0.4, 0.5) is 5.69 Å². The zero-order chi connectivity index (χ0) is 19.1. The lowest BCUT2D eigenvalue weighted by molar-refractivity contribution is -0.384. The minimum atomic E-state index is -1.27. The smallest absolute Gasteiger partial charge is 0.269 e. The molecule has 2 amide bonds. The Morgan fingerprint density at radius 1 is 1.40 bits per heavy atom. The Hall–Kier alpha value is -2.68. The minimum Gasteiger partial charge on any atom is -0.496 e. The third-order valence-corrected chi connectivity index (χ3v) is 3.56. The Morgan fingerprint density at radius 3 is 2.52 bits per heavy atom. The molecular weight excluding hydrogens is 330 g/mol. The number of aliphatic hydroxyl groups excluding tert-OH is 1. The highest BCUT2D eigenvalue weighted by Gasteiger charge is 2.25. The summed E-state index contributed by atoms with van der Waals surface area (Å²) in [5.41, 5.74) is 5.48. The molecule has 1 rings (SSSR count). The number of aliphatic hydroxyl groups is 1. The standard InChI is InChI=1S/C16H23N3O6/c1-9(2)6-13(20)16(22)18-12(15(17)21)8-10-7-11(19(23)24)4-5-14(10)25-3/h4-5,7,9,12-13,20H,6,8H2,1-3H3,(H2,17,21)(H,18,22)/t12-,13-/m1/s1. The summed E-state index contributed by atoms with van der Waals surface area (Å²) in [4.78, 5) is 34.0. The number of nitrogens with two attached hydrogens (primary N) is 1. The van der Waals surface area contributed by atoms with Gasteiger partial charge in [0.25, 0.3) is 5.69 Å². The zero-order valence-electron chi connectivity index (χ0n) is 14.4. The van der Waals surface area contributed by atoms with Crippen molar-refractivity contribution in [3.8, 4) is 5.75 Å². The van der Waals surface area contributed by atoms with Crippen LogP contribution in [0.25, 0.3) is 0 Å². The van der Waals surface area contributed by atoms with E-state index < -0.39 is 28.9 Å². The number of hydrogen-bond acceptors (Lipinski definition) is 6. The second kappa shape index (κ2) is 8.97. The van der Waals surface area contributed by atoms with Crippen molar-refractivity contribution in [1.29, 1.82) is 0 Å². The van der Waals surface area contributed by atoms with Crippen LogP contribution in [0.5, 0.6) is 5.75 Å². The Bertz CT molecular complexity index is 647. The van der Waals surface area contributed by atoms with Crippen LogP contribution >= 0.6 is 0 Å². The van der Waals surface area contributed by atoms with Crippen molar-refractivity contribution in [3.63, 3.8) is 0 Å². The zero-order valence-corrected chi connectivity index (χ0v) is 14.4. The van der Waals surface area contributed by atoms with Gasteiger partial charge in [-0.2, -0.15) is 0 Å². The molecule has 138 valence electrons. The van der Waals surface area contributed by atoms with Gasteiger partial charge in [-0.1, -0.05) is 13.8 Å². The van der Waals surface area contributed by atoms with Crippen molar-refractivity contribution in [3.05, 3.63) is 33.9 Å². The molecule has 9 nitrogen and oxygen atoms in total. The third-order valence-electron chi connectivity index (χ3n) is 3.56. The summed E-state index contributed by atoms with van der Waals surface area (Å²) in [7, 11) is 1.38. The van der Waals surface area contributed by atoms with Crippen LogP contribution in [0.1, 0.15) is 25.8 Å². The van der Waals surface area contributed by atoms with Gasteiger partial charge in [-0.3, -0.25) is 19.7 Å². The van der Waals surface area contributed by atoms with E-state index in [4.69, 9.17) is 10.5 Å². The number of methoxy groups -OCH3 is 1. The second-order valence-electron chi connectivity index (χ2n) is 6.07. The van der Waals surface area contributed by atoms with E-state index in [1.54, 1.807) is 0 Å². The number of hydrogen-bond donors (Lipinski definition) is 3. The predicted molar refractivity (Wildman–Crippen MR) is 89.9 cm³/mol. The van der Waals surface area contributed by atoms with Crippen LogP contribution < -0.4 is 15.8 Å². The molecule has 0 radical (unpaired) electrons. The van der Waals surface area contributed by atoms with Crippen LogP contribution in [-0.2, 0) is 16.0 Å². The molecule has 0 unspecified atom stereocenters. The van der Waals surface area contributed by atoms with Gasteiger partial charge in [0.15, 0.2) is 0 Å². The Balaban J connectivity index is 2.98. The lowest BCUT2D eigenvalue weighted by atomic mass is 10.0. The quantitative estimate of drug-likeness (QED) is 0.436. The van der Waals surface area contributed by atoms with Crippen molar-refractivity contribution in [2.24, 2.45) is 11.7 Å². The normalized spacial score (nSPS) is 13.2. The molecule has 0 aromatic heterocycles. The average Bonchev–Trinajstić information content (AvgIpc) is 2.52. The number of nitro benzene ring substituents is 1. The van der Waals surface area contributed by atoms with Gasteiger partial charge in [0.1, 0.15) is 17.9 Å². The van der Waals surface area contributed by atoms with Crippen LogP contribution in [0.3, 0.4) is 0 Å². The van der Waals surface area contributed by atoms with Crippen LogP contribution in [0.15, 0.2) is 18.2 Å². The summed E-state index contributed by atoms with van der Waals surface area (Å²) in [6.45, 7) is 3.69. The Labute approximate surface area is 145 Å². The molecule has 0 spiro atoms. The highest BCUT2D eigenvalue weighted by molar-refractivity contribution is 5.88. The fourth-order valence-electron chi connectivity index (χ4n) is 2.30. The Kier molecular flexibility index (Phi) is 7.31. The molecule has 0 saturated carbocycles. The van der Waals surface area contributed by atoms with Crippen molar-refractivity contribution in [1.82, 2.24) is 5.32 Å². The minimum absolute atomic E-state index is 0.0876. The molecule has 25 heavy (non-hydrogen) atoms. The largest absolute Gasteiger partial charge is 0.496 e. The van der Waals surface area contributed by atoms with E-state index in [0.29, 0.717) is 11.3 Å². The monoisotopic (exact) mass is 353 g/mol. The molecule has 0 saturated heterocycles. The van der Waals surface area contributed by atoms with E-state index in [2.05, 4.69) is 5.32 Å². The summed E-state index contributed by atoms with van der Waals surface area (Å²) in [5, 5.41) is 23.1. The highest BCUT2D eigenvalue weighted by Crippen LogP contribution is 2.25. The van der Waals surface area contributed by atoms with E-state index in [9.17, 15) is 24.8 Å². The fourth-order valence-corrected chi connectivity index (χ4v) is 2.30. The number of benzene rings is 1. The number of primary amides is 1. The molecule has 0 heterocycles. The van der Waals surface area contributed by atoms with Gasteiger partial charge in [0, 0.05) is 24.1 Å². The number of amides is 2. The van der Waals surface area contributed by atoms with Gasteiger partial charge in [0.05, 0.1) is 12.0 Å². The molecule has 0 aliphatic carbocycles. The second-order valence-corrected chi connectivity index (χ2v) is 6.07. The molecule has 1 aromatic carbocycles. The number of non-ortho nitro benzene ring substituents is 1. The van der Waals surface area contributed by atoms with E-state index >= 15 is 0 Å². The molecule has 0 aliphatic heterocycles. The predicted octanol–water partition coefficient (Wildman–Crippen LogP) is 0.523. The maximum atomic E-state index is 12.0. The van der Waals surface area contributed by atoms with E-state index in [0.717, 1.165) is 0 Å². The summed E-state index contributed by atoms with van der Waals surface area (Å²) < 4.78 is 5.13. The first-order chi connectivity index (χ1) is 11.6. The third kappa shape index (κ3) is 6.03. The van der Waals surface area contributed by atoms with Crippen molar-refractivity contribution < 1.29 is 24.4 Å². The Morgan fingerprint density at radius 2 is 2.04 bits per heavy atom. The number of ether oxygens (including phenoxy) is 1. The summed E-state index contributed by atoms with van der Waals surface area (Å²) in [6.07, 6.45) is -1.13. The topological polar surface area (TPSA) is 145 Å². The molecule has 1 aromatic rings. The number of rotatable bonds is 9. The first-order valence-electron chi connectivity index (χ1n) is 7.74. The maximum absolute atomic E-state index is 12.0. The molecule has 4 N–H and O–H groups in total. The molecule has 9 heteroatoms. The number of nitrogens with zero attached hydrogens (tertiary/aromatic N) is 1. The number of nitro groups is 1. The van der Waals surface area contributed by atoms with Gasteiger partial charge in [0.2, 0.25) is 11.8 Å². The highest BCUT2D eigenvalue weighted by atomic mass is 16.6. The SMILES string of the molecule is COc1ccc([N+](=O)[O-])cc1C[C@@H](NC(=O)[C@H](O)CC(C)C)C(N)=O. The van der Waals surface area contributed by atoms with E-state index in [-0.39, 0.29) is 24.4 Å². The van der Waals surface area contributed by atoms with Crippen LogP contribution in [0.2, 0.25) is 0 Å². The van der Waals surface area contributed by atoms with E-state index in [1.165, 1.54) is 25.3 Å². The van der Waals surface area contributed by atoms with Crippen LogP contribution in [-0.4, -0.2) is 41.1 Å². The maximum Gasteiger partial charge on any atom is 0.269 e. The molecule has 2 atom stereocenters. The molecule has 0 aliphatic rings. The van der Waals surface area contributed by atoms with Gasteiger partial charge in [-0.05, 0) is 18.4 Å². The van der Waals surface area contributed by atoms with Gasteiger partial charge < -0.3 is 20.9 Å². The lowest BCUT2D eigenvalue weighted by Crippen LogP contribution is -2.49. The van der Waals surface area contributed by atoms with Gasteiger partial charge >= 0.3 is 0 Å². The number of carbonyl (C=O) groups excluding carboxylic acids is 2. The van der Waals surface area contributed by atoms with Gasteiger partial charge in [-0.25, -0.2) is 0 Å². The summed E-state index contributed by atoms with van der Waals surface area (Å²) in [5.74, 6) is -1.13.